The second-order valence-electron chi connectivity index (χ2n) is 6.72. The molecule has 1 aliphatic heterocycles. The lowest BCUT2D eigenvalue weighted by atomic mass is 10.2. The molecule has 2 aromatic carbocycles. The second kappa shape index (κ2) is 7.89. The summed E-state index contributed by atoms with van der Waals surface area (Å²) in [5, 5.41) is 11.5. The first kappa shape index (κ1) is 18.9. The van der Waals surface area contributed by atoms with Crippen LogP contribution >= 0.6 is 23.1 Å². The normalized spacial score (nSPS) is 17.8. The predicted molar refractivity (Wildman–Crippen MR) is 112 cm³/mol. The van der Waals surface area contributed by atoms with E-state index < -0.39 is 4.92 Å². The van der Waals surface area contributed by atoms with Crippen LogP contribution in [0.15, 0.2) is 53.4 Å². The van der Waals surface area contributed by atoms with Crippen LogP contribution < -0.4 is 0 Å². The summed E-state index contributed by atoms with van der Waals surface area (Å²) >= 11 is 3.09. The van der Waals surface area contributed by atoms with Crippen molar-refractivity contribution < 1.29 is 9.72 Å². The second-order valence-corrected chi connectivity index (χ2v) is 9.20. The summed E-state index contributed by atoms with van der Waals surface area (Å²) in [6.45, 7) is 2.63. The number of hydrogen-bond donors (Lipinski definition) is 0. The van der Waals surface area contributed by atoms with Gasteiger partial charge in [-0.1, -0.05) is 12.1 Å². The number of carbonyl (C=O) groups excluding carboxylic acids is 1. The Morgan fingerprint density at radius 1 is 1.29 bits per heavy atom. The highest BCUT2D eigenvalue weighted by atomic mass is 32.2. The number of rotatable bonds is 5. The molecule has 1 saturated heterocycles. The third-order valence-electron chi connectivity index (χ3n) is 4.84. The number of para-hydroxylation sites is 1. The van der Waals surface area contributed by atoms with Crippen LogP contribution in [0.1, 0.15) is 30.8 Å². The van der Waals surface area contributed by atoms with Gasteiger partial charge in [0.2, 0.25) is 5.91 Å². The van der Waals surface area contributed by atoms with Gasteiger partial charge in [0.25, 0.3) is 5.69 Å². The van der Waals surface area contributed by atoms with Crippen molar-refractivity contribution in [1.29, 1.82) is 0 Å². The smallest absolute Gasteiger partial charge is 0.269 e. The summed E-state index contributed by atoms with van der Waals surface area (Å²) in [4.78, 5) is 31.0. The van der Waals surface area contributed by atoms with Crippen LogP contribution in [0, 0.1) is 10.1 Å². The summed E-state index contributed by atoms with van der Waals surface area (Å²) in [6, 6.07) is 14.4. The van der Waals surface area contributed by atoms with E-state index in [1.165, 1.54) is 23.9 Å². The van der Waals surface area contributed by atoms with Crippen LogP contribution in [0.2, 0.25) is 0 Å². The number of non-ortho nitro benzene ring substituents is 1. The lowest BCUT2D eigenvalue weighted by Crippen LogP contribution is -2.36. The van der Waals surface area contributed by atoms with Gasteiger partial charge in [0, 0.05) is 23.6 Å². The topological polar surface area (TPSA) is 76.3 Å². The van der Waals surface area contributed by atoms with Crippen molar-refractivity contribution in [3.05, 3.63) is 63.7 Å². The standard InChI is InChI=1S/C20H19N3O3S2/c1-13(27-15-10-8-14(9-11-15)23(25)26)20(24)22-12-4-6-17(22)19-21-16-5-2-3-7-18(16)28-19/h2-3,5,7-11,13,17H,4,6,12H2,1H3. The molecule has 0 aliphatic carbocycles. The van der Waals surface area contributed by atoms with Gasteiger partial charge in [0.1, 0.15) is 5.01 Å². The van der Waals surface area contributed by atoms with Gasteiger partial charge in [0.05, 0.1) is 26.4 Å². The Morgan fingerprint density at radius 2 is 2.04 bits per heavy atom. The third-order valence-corrected chi connectivity index (χ3v) is 7.08. The number of aromatic nitrogens is 1. The van der Waals surface area contributed by atoms with Gasteiger partial charge in [-0.3, -0.25) is 14.9 Å². The van der Waals surface area contributed by atoms with Crippen molar-refractivity contribution in [2.75, 3.05) is 6.54 Å². The lowest BCUT2D eigenvalue weighted by Gasteiger charge is -2.26. The van der Waals surface area contributed by atoms with Crippen LogP contribution in [-0.2, 0) is 4.79 Å². The van der Waals surface area contributed by atoms with Gasteiger partial charge in [-0.2, -0.15) is 0 Å². The fraction of sp³-hybridized carbons (Fsp3) is 0.300. The Labute approximate surface area is 170 Å². The van der Waals surface area contributed by atoms with Crippen molar-refractivity contribution in [3.8, 4) is 0 Å². The zero-order valence-electron chi connectivity index (χ0n) is 15.3. The summed E-state index contributed by atoms with van der Waals surface area (Å²) < 4.78 is 1.14. The number of nitro groups is 1. The molecule has 2 heterocycles. The SMILES string of the molecule is CC(Sc1ccc([N+](=O)[O-])cc1)C(=O)N1CCCC1c1nc2ccccc2s1. The number of carbonyl (C=O) groups is 1. The van der Waals surface area contributed by atoms with Gasteiger partial charge in [0.15, 0.2) is 0 Å². The molecule has 0 saturated carbocycles. The van der Waals surface area contributed by atoms with Crippen molar-refractivity contribution >= 4 is 44.9 Å². The number of nitrogens with zero attached hydrogens (tertiary/aromatic N) is 3. The average Bonchev–Trinajstić information content (AvgIpc) is 3.34. The van der Waals surface area contributed by atoms with E-state index in [0.29, 0.717) is 0 Å². The first-order valence-electron chi connectivity index (χ1n) is 9.10. The number of hydrogen-bond acceptors (Lipinski definition) is 6. The number of thioether (sulfide) groups is 1. The summed E-state index contributed by atoms with van der Waals surface area (Å²) in [6.07, 6.45) is 1.90. The Hall–Kier alpha value is -2.45. The van der Waals surface area contributed by atoms with Crippen molar-refractivity contribution in [2.24, 2.45) is 0 Å². The highest BCUT2D eigenvalue weighted by Crippen LogP contribution is 2.38. The summed E-state index contributed by atoms with van der Waals surface area (Å²) in [5.74, 6) is 0.0881. The molecule has 4 rings (SSSR count). The molecule has 0 radical (unpaired) electrons. The maximum Gasteiger partial charge on any atom is 0.269 e. The van der Waals surface area contributed by atoms with Gasteiger partial charge in [-0.05, 0) is 44.0 Å². The molecule has 0 bridgehead atoms. The van der Waals surface area contributed by atoms with E-state index >= 15 is 0 Å². The van der Waals surface area contributed by atoms with E-state index in [1.807, 2.05) is 30.0 Å². The largest absolute Gasteiger partial charge is 0.332 e. The molecule has 0 spiro atoms. The molecule has 144 valence electrons. The van der Waals surface area contributed by atoms with E-state index in [2.05, 4.69) is 6.07 Å². The Morgan fingerprint density at radius 3 is 2.75 bits per heavy atom. The number of benzene rings is 2. The monoisotopic (exact) mass is 413 g/mol. The highest BCUT2D eigenvalue weighted by Gasteiger charge is 2.34. The predicted octanol–water partition coefficient (Wildman–Crippen LogP) is 5.05. The zero-order valence-corrected chi connectivity index (χ0v) is 16.9. The van der Waals surface area contributed by atoms with Gasteiger partial charge in [-0.25, -0.2) is 4.98 Å². The molecular formula is C20H19N3O3S2. The van der Waals surface area contributed by atoms with Gasteiger partial charge >= 0.3 is 0 Å². The Bertz CT molecular complexity index is 986. The molecule has 2 atom stereocenters. The molecule has 8 heteroatoms. The van der Waals surface area contributed by atoms with E-state index in [1.54, 1.807) is 23.5 Å². The van der Waals surface area contributed by atoms with E-state index in [-0.39, 0.29) is 22.9 Å². The van der Waals surface area contributed by atoms with E-state index in [9.17, 15) is 14.9 Å². The highest BCUT2D eigenvalue weighted by molar-refractivity contribution is 8.00. The fourth-order valence-electron chi connectivity index (χ4n) is 3.45. The number of fused-ring (bicyclic) bond motifs is 1. The quantitative estimate of drug-likeness (QED) is 0.332. The minimum Gasteiger partial charge on any atom is -0.332 e. The maximum atomic E-state index is 13.1. The van der Waals surface area contributed by atoms with Gasteiger partial charge in [-0.15, -0.1) is 23.1 Å². The number of nitro benzene ring substituents is 1. The van der Waals surface area contributed by atoms with Crippen LogP contribution in [0.4, 0.5) is 5.69 Å². The van der Waals surface area contributed by atoms with Crippen molar-refractivity contribution in [2.45, 2.75) is 36.0 Å². The Kier molecular flexibility index (Phi) is 5.32. The van der Waals surface area contributed by atoms with Gasteiger partial charge < -0.3 is 4.90 Å². The van der Waals surface area contributed by atoms with Crippen LogP contribution in [0.3, 0.4) is 0 Å². The zero-order chi connectivity index (χ0) is 19.7. The first-order valence-corrected chi connectivity index (χ1v) is 10.8. The number of amides is 1. The first-order chi connectivity index (χ1) is 13.5. The lowest BCUT2D eigenvalue weighted by molar-refractivity contribution is -0.384. The molecule has 0 N–H and O–H groups in total. The van der Waals surface area contributed by atoms with Crippen molar-refractivity contribution in [1.82, 2.24) is 9.88 Å². The van der Waals surface area contributed by atoms with E-state index in [0.717, 1.165) is 39.5 Å². The van der Waals surface area contributed by atoms with Crippen LogP contribution in [-0.4, -0.2) is 32.5 Å². The van der Waals surface area contributed by atoms with Crippen LogP contribution in [0.5, 0.6) is 0 Å². The third kappa shape index (κ3) is 3.74. The minimum absolute atomic E-state index is 0.0322. The molecule has 1 aromatic heterocycles. The molecule has 1 fully saturated rings. The maximum absolute atomic E-state index is 13.1. The molecule has 28 heavy (non-hydrogen) atoms. The van der Waals surface area contributed by atoms with Crippen molar-refractivity contribution in [3.63, 3.8) is 0 Å². The fourth-order valence-corrected chi connectivity index (χ4v) is 5.51. The Balaban J connectivity index is 1.48. The molecule has 1 amide bonds. The summed E-state index contributed by atoms with van der Waals surface area (Å²) in [5.41, 5.74) is 1.04. The number of thiazole rings is 1. The molecular weight excluding hydrogens is 394 g/mol. The minimum atomic E-state index is -0.421. The average molecular weight is 414 g/mol. The molecule has 3 aromatic rings. The number of likely N-dealkylation sites (tertiary alicyclic amines) is 1. The van der Waals surface area contributed by atoms with Crippen LogP contribution in [0.25, 0.3) is 10.2 Å². The molecule has 6 nitrogen and oxygen atoms in total. The molecule has 2 unspecified atom stereocenters. The molecule has 1 aliphatic rings. The summed E-state index contributed by atoms with van der Waals surface area (Å²) in [7, 11) is 0. The van der Waals surface area contributed by atoms with E-state index in [4.69, 9.17) is 4.98 Å².